The zero-order valence-electron chi connectivity index (χ0n) is 14.4. The summed E-state index contributed by atoms with van der Waals surface area (Å²) in [6, 6.07) is 7.88. The fourth-order valence-electron chi connectivity index (χ4n) is 2.21. The van der Waals surface area contributed by atoms with Crippen LogP contribution >= 0.6 is 0 Å². The Bertz CT molecular complexity index is 1070. The van der Waals surface area contributed by atoms with Gasteiger partial charge in [0.15, 0.2) is 0 Å². The number of nitrogens with one attached hydrogen (secondary N) is 2. The van der Waals surface area contributed by atoms with Gasteiger partial charge < -0.3 is 4.52 Å². The lowest BCUT2D eigenvalue weighted by Crippen LogP contribution is -2.18. The van der Waals surface area contributed by atoms with E-state index in [2.05, 4.69) is 25.4 Å². The van der Waals surface area contributed by atoms with Gasteiger partial charge in [0.05, 0.1) is 11.4 Å². The van der Waals surface area contributed by atoms with Crippen LogP contribution in [0.25, 0.3) is 5.69 Å². The number of benzene rings is 1. The third kappa shape index (κ3) is 3.99. The van der Waals surface area contributed by atoms with Gasteiger partial charge in [-0.05, 0) is 28.6 Å². The first-order valence-electron chi connectivity index (χ1n) is 7.71. The molecule has 11 heteroatoms. The number of anilines is 1. The normalized spacial score (nSPS) is 12.3. The number of H-pyrrole nitrogens is 1. The van der Waals surface area contributed by atoms with Crippen LogP contribution in [0.4, 0.5) is 5.69 Å². The second kappa shape index (κ2) is 6.41. The number of nitrogens with zero attached hydrogens (tertiary/aromatic N) is 4. The van der Waals surface area contributed by atoms with E-state index in [-0.39, 0.29) is 16.9 Å². The monoisotopic (exact) mass is 378 g/mol. The number of hydrogen-bond acceptors (Lipinski definition) is 7. The molecule has 0 spiro atoms. The van der Waals surface area contributed by atoms with Gasteiger partial charge in [-0.1, -0.05) is 32.0 Å². The Kier molecular flexibility index (Phi) is 4.40. The van der Waals surface area contributed by atoms with E-state index in [1.54, 1.807) is 24.3 Å². The molecule has 0 fully saturated rings. The van der Waals surface area contributed by atoms with Crippen molar-refractivity contribution in [2.45, 2.75) is 31.9 Å². The fraction of sp³-hybridized carbons (Fsp3) is 0.333. The second-order valence-corrected chi connectivity index (χ2v) is 8.48. The Hall–Kier alpha value is -2.95. The molecule has 10 nitrogen and oxygen atoms in total. The highest BCUT2D eigenvalue weighted by atomic mass is 32.2. The van der Waals surface area contributed by atoms with E-state index in [0.29, 0.717) is 17.1 Å². The van der Waals surface area contributed by atoms with Crippen molar-refractivity contribution in [1.82, 2.24) is 25.4 Å². The predicted molar refractivity (Wildman–Crippen MR) is 93.4 cm³/mol. The molecule has 0 bridgehead atoms. The quantitative estimate of drug-likeness (QED) is 0.680. The SMILES string of the molecule is CC(C)(C)c1cc(CS(=O)(=O)Nc2cccc(-n3nn[nH]c3=O)c2)no1. The van der Waals surface area contributed by atoms with Crippen LogP contribution in [0.1, 0.15) is 32.2 Å². The molecule has 1 aromatic carbocycles. The van der Waals surface area contributed by atoms with Crippen LogP contribution in [0, 0.1) is 0 Å². The average Bonchev–Trinajstić information content (AvgIpc) is 3.15. The van der Waals surface area contributed by atoms with Gasteiger partial charge in [0.2, 0.25) is 10.0 Å². The van der Waals surface area contributed by atoms with Crippen molar-refractivity contribution in [2.75, 3.05) is 4.72 Å². The van der Waals surface area contributed by atoms with Crippen LogP contribution in [0.3, 0.4) is 0 Å². The van der Waals surface area contributed by atoms with E-state index in [9.17, 15) is 13.2 Å². The second-order valence-electron chi connectivity index (χ2n) is 6.76. The highest BCUT2D eigenvalue weighted by Crippen LogP contribution is 2.23. The number of tetrazole rings is 1. The zero-order valence-corrected chi connectivity index (χ0v) is 15.2. The summed E-state index contributed by atoms with van der Waals surface area (Å²) in [7, 11) is -3.72. The fourth-order valence-corrected chi connectivity index (χ4v) is 3.30. The van der Waals surface area contributed by atoms with E-state index in [1.807, 2.05) is 20.8 Å². The van der Waals surface area contributed by atoms with Gasteiger partial charge in [0.1, 0.15) is 17.2 Å². The molecule has 0 atom stereocenters. The largest absolute Gasteiger partial charge is 0.365 e. The first-order valence-corrected chi connectivity index (χ1v) is 9.37. The van der Waals surface area contributed by atoms with Crippen molar-refractivity contribution in [3.8, 4) is 5.69 Å². The van der Waals surface area contributed by atoms with Crippen molar-refractivity contribution in [2.24, 2.45) is 0 Å². The number of aromatic nitrogens is 5. The topological polar surface area (TPSA) is 136 Å². The van der Waals surface area contributed by atoms with E-state index in [0.717, 1.165) is 4.68 Å². The molecule has 26 heavy (non-hydrogen) atoms. The molecule has 0 saturated carbocycles. The maximum atomic E-state index is 12.4. The first-order chi connectivity index (χ1) is 12.1. The van der Waals surface area contributed by atoms with Crippen LogP contribution in [-0.4, -0.2) is 33.8 Å². The molecule has 2 aromatic heterocycles. The van der Waals surface area contributed by atoms with E-state index in [4.69, 9.17) is 4.52 Å². The van der Waals surface area contributed by atoms with Crippen molar-refractivity contribution in [3.63, 3.8) is 0 Å². The molecule has 0 aliphatic rings. The summed E-state index contributed by atoms with van der Waals surface area (Å²) in [4.78, 5) is 11.6. The summed E-state index contributed by atoms with van der Waals surface area (Å²) in [6.07, 6.45) is 0. The molecule has 0 amide bonds. The van der Waals surface area contributed by atoms with Gasteiger partial charge in [-0.3, -0.25) is 4.72 Å². The highest BCUT2D eigenvalue weighted by Gasteiger charge is 2.22. The molecule has 138 valence electrons. The minimum Gasteiger partial charge on any atom is -0.361 e. The summed E-state index contributed by atoms with van der Waals surface area (Å²) in [5, 5.41) is 13.0. The van der Waals surface area contributed by atoms with E-state index < -0.39 is 15.7 Å². The summed E-state index contributed by atoms with van der Waals surface area (Å²) in [5.41, 5.74) is 0.188. The molecule has 0 aliphatic heterocycles. The standard InChI is InChI=1S/C15H18N6O4S/c1-15(2,3)13-8-11(17-25-13)9-26(23,24)18-10-5-4-6-12(7-10)21-14(22)16-19-20-21/h4-8,18H,9H2,1-3H3,(H,16,20,22). The van der Waals surface area contributed by atoms with Gasteiger partial charge in [0, 0.05) is 11.5 Å². The lowest BCUT2D eigenvalue weighted by atomic mass is 9.93. The van der Waals surface area contributed by atoms with Crippen molar-refractivity contribution >= 4 is 15.7 Å². The van der Waals surface area contributed by atoms with Crippen molar-refractivity contribution in [3.05, 3.63) is 52.3 Å². The predicted octanol–water partition coefficient (Wildman–Crippen LogP) is 1.18. The Balaban J connectivity index is 1.79. The molecule has 2 N–H and O–H groups in total. The minimum atomic E-state index is -3.72. The van der Waals surface area contributed by atoms with Crippen LogP contribution in [-0.2, 0) is 21.2 Å². The first kappa shape index (κ1) is 17.9. The van der Waals surface area contributed by atoms with E-state index >= 15 is 0 Å². The average molecular weight is 378 g/mol. The van der Waals surface area contributed by atoms with Gasteiger partial charge in [-0.15, -0.1) is 0 Å². The lowest BCUT2D eigenvalue weighted by molar-refractivity contribution is 0.327. The number of hydrogen-bond donors (Lipinski definition) is 2. The summed E-state index contributed by atoms with van der Waals surface area (Å²) < 4.78 is 33.5. The van der Waals surface area contributed by atoms with Gasteiger partial charge in [-0.25, -0.2) is 18.3 Å². The maximum Gasteiger partial charge on any atom is 0.365 e. The Morgan fingerprint density at radius 3 is 2.65 bits per heavy atom. The Morgan fingerprint density at radius 2 is 2.04 bits per heavy atom. The van der Waals surface area contributed by atoms with Gasteiger partial charge in [-0.2, -0.15) is 4.68 Å². The van der Waals surface area contributed by atoms with Crippen LogP contribution < -0.4 is 10.4 Å². The molecule has 0 unspecified atom stereocenters. The van der Waals surface area contributed by atoms with Crippen LogP contribution in [0.5, 0.6) is 0 Å². The van der Waals surface area contributed by atoms with Gasteiger partial charge in [0.25, 0.3) is 0 Å². The van der Waals surface area contributed by atoms with Crippen LogP contribution in [0.2, 0.25) is 0 Å². The molecule has 0 radical (unpaired) electrons. The maximum absolute atomic E-state index is 12.4. The van der Waals surface area contributed by atoms with E-state index in [1.165, 1.54) is 6.07 Å². The smallest absolute Gasteiger partial charge is 0.361 e. The number of aromatic amines is 1. The molecule has 2 heterocycles. The Labute approximate surface area is 149 Å². The Morgan fingerprint density at radius 1 is 1.27 bits per heavy atom. The summed E-state index contributed by atoms with van der Waals surface area (Å²) in [5.74, 6) is 0.274. The minimum absolute atomic E-state index is 0.262. The van der Waals surface area contributed by atoms with Crippen molar-refractivity contribution < 1.29 is 12.9 Å². The molecule has 0 saturated heterocycles. The number of sulfonamides is 1. The summed E-state index contributed by atoms with van der Waals surface area (Å²) in [6.45, 7) is 5.84. The molecule has 3 aromatic rings. The van der Waals surface area contributed by atoms with Crippen LogP contribution in [0.15, 0.2) is 39.6 Å². The zero-order chi connectivity index (χ0) is 18.9. The lowest BCUT2D eigenvalue weighted by Gasteiger charge is -2.12. The van der Waals surface area contributed by atoms with Gasteiger partial charge >= 0.3 is 5.69 Å². The molecular weight excluding hydrogens is 360 g/mol. The molecular formula is C15H18N6O4S. The number of rotatable bonds is 5. The molecule has 3 rings (SSSR count). The summed E-state index contributed by atoms with van der Waals surface area (Å²) >= 11 is 0. The highest BCUT2D eigenvalue weighted by molar-refractivity contribution is 7.91. The third-order valence-electron chi connectivity index (χ3n) is 3.47. The van der Waals surface area contributed by atoms with Crippen molar-refractivity contribution in [1.29, 1.82) is 0 Å². The third-order valence-corrected chi connectivity index (χ3v) is 4.69. The molecule has 0 aliphatic carbocycles.